The predicted octanol–water partition coefficient (Wildman–Crippen LogP) is 4.94. The predicted molar refractivity (Wildman–Crippen MR) is 107 cm³/mol. The van der Waals surface area contributed by atoms with Gasteiger partial charge in [0, 0.05) is 13.1 Å². The van der Waals surface area contributed by atoms with Gasteiger partial charge in [0.2, 0.25) is 0 Å². The third kappa shape index (κ3) is 3.95. The van der Waals surface area contributed by atoms with E-state index in [-0.39, 0.29) is 0 Å². The second-order valence-electron chi connectivity index (χ2n) is 11.1. The van der Waals surface area contributed by atoms with E-state index in [1.54, 1.807) is 0 Å². The molecule has 2 spiro atoms. The highest BCUT2D eigenvalue weighted by Gasteiger charge is 2.48. The van der Waals surface area contributed by atoms with E-state index in [1.807, 2.05) is 0 Å². The molecule has 4 saturated carbocycles. The number of nitrogens with zero attached hydrogens (tertiary/aromatic N) is 1. The molecule has 0 aromatic heterocycles. The summed E-state index contributed by atoms with van der Waals surface area (Å²) >= 11 is 0. The highest BCUT2D eigenvalue weighted by Crippen LogP contribution is 2.58. The minimum Gasteiger partial charge on any atom is -0.319 e. The molecule has 4 aliphatic rings. The molecule has 0 aromatic carbocycles. The first kappa shape index (κ1) is 18.3. The molecule has 144 valence electrons. The van der Waals surface area contributed by atoms with Gasteiger partial charge in [0.05, 0.1) is 0 Å². The lowest BCUT2D eigenvalue weighted by Crippen LogP contribution is -2.41. The Balaban J connectivity index is 1.15. The first-order valence-corrected chi connectivity index (χ1v) is 11.3. The smallest absolute Gasteiger partial charge is 0.000693 e. The quantitative estimate of drug-likeness (QED) is 0.733. The van der Waals surface area contributed by atoms with E-state index in [1.165, 1.54) is 90.3 Å². The molecule has 0 aliphatic heterocycles. The van der Waals surface area contributed by atoms with Gasteiger partial charge < -0.3 is 10.2 Å². The second-order valence-corrected chi connectivity index (χ2v) is 11.1. The molecule has 0 aromatic rings. The normalized spacial score (nSPS) is 46.6. The Hall–Kier alpha value is -0.0800. The molecular formula is C23H42N2. The fourth-order valence-electron chi connectivity index (χ4n) is 7.71. The van der Waals surface area contributed by atoms with Crippen LogP contribution in [0.25, 0.3) is 0 Å². The van der Waals surface area contributed by atoms with Gasteiger partial charge in [0.15, 0.2) is 0 Å². The van der Waals surface area contributed by atoms with E-state index in [4.69, 9.17) is 0 Å². The number of hydrogen-bond acceptors (Lipinski definition) is 2. The van der Waals surface area contributed by atoms with Crippen LogP contribution in [0.1, 0.15) is 77.6 Å². The topological polar surface area (TPSA) is 15.3 Å². The molecule has 4 rings (SSSR count). The average molecular weight is 347 g/mol. The van der Waals surface area contributed by atoms with Gasteiger partial charge in [-0.2, -0.15) is 0 Å². The molecule has 0 heterocycles. The summed E-state index contributed by atoms with van der Waals surface area (Å²) in [4.78, 5) is 2.71. The molecule has 1 atom stereocenters. The van der Waals surface area contributed by atoms with Gasteiger partial charge in [-0.15, -0.1) is 0 Å². The summed E-state index contributed by atoms with van der Waals surface area (Å²) in [6, 6.07) is 0. The highest BCUT2D eigenvalue weighted by atomic mass is 15.1. The molecule has 0 radical (unpaired) electrons. The molecule has 0 bridgehead atoms. The molecular weight excluding hydrogens is 304 g/mol. The van der Waals surface area contributed by atoms with Crippen molar-refractivity contribution in [2.75, 3.05) is 33.7 Å². The Morgan fingerprint density at radius 3 is 2.00 bits per heavy atom. The van der Waals surface area contributed by atoms with Crippen molar-refractivity contribution >= 4 is 0 Å². The third-order valence-corrected chi connectivity index (χ3v) is 8.61. The van der Waals surface area contributed by atoms with Crippen LogP contribution in [0.3, 0.4) is 0 Å². The Kier molecular flexibility index (Phi) is 5.23. The summed E-state index contributed by atoms with van der Waals surface area (Å²) in [5, 5.41) is 3.37. The van der Waals surface area contributed by atoms with E-state index in [2.05, 4.69) is 31.2 Å². The zero-order valence-corrected chi connectivity index (χ0v) is 17.2. The van der Waals surface area contributed by atoms with Crippen molar-refractivity contribution in [1.29, 1.82) is 0 Å². The van der Waals surface area contributed by atoms with Crippen LogP contribution < -0.4 is 5.32 Å². The summed E-state index contributed by atoms with van der Waals surface area (Å²) in [7, 11) is 4.52. The zero-order chi connectivity index (χ0) is 17.5. The second kappa shape index (κ2) is 7.15. The molecule has 0 saturated heterocycles. The Morgan fingerprint density at radius 1 is 0.800 bits per heavy atom. The van der Waals surface area contributed by atoms with Crippen molar-refractivity contribution in [1.82, 2.24) is 10.2 Å². The van der Waals surface area contributed by atoms with Gasteiger partial charge >= 0.3 is 0 Å². The average Bonchev–Trinajstić information content (AvgIpc) is 2.92. The molecule has 4 aliphatic carbocycles. The lowest BCUT2D eigenvalue weighted by molar-refractivity contribution is 0.00330. The summed E-state index contributed by atoms with van der Waals surface area (Å²) in [6.45, 7) is 6.44. The molecule has 25 heavy (non-hydrogen) atoms. The Bertz CT molecular complexity index is 437. The SMILES string of the molecule is CNCC1CC2(CC[C@@H](CN(C)CC3CCC4(CC3)CC(C)C4)C2)C1. The van der Waals surface area contributed by atoms with Crippen LogP contribution in [0.5, 0.6) is 0 Å². The van der Waals surface area contributed by atoms with Gasteiger partial charge in [-0.05, 0) is 126 Å². The first-order valence-electron chi connectivity index (χ1n) is 11.3. The minimum absolute atomic E-state index is 0.769. The van der Waals surface area contributed by atoms with E-state index in [0.717, 1.165) is 34.5 Å². The van der Waals surface area contributed by atoms with Crippen molar-refractivity contribution in [3.63, 3.8) is 0 Å². The molecule has 2 nitrogen and oxygen atoms in total. The molecule has 0 unspecified atom stereocenters. The van der Waals surface area contributed by atoms with Crippen molar-refractivity contribution in [3.8, 4) is 0 Å². The maximum absolute atomic E-state index is 3.37. The monoisotopic (exact) mass is 346 g/mol. The van der Waals surface area contributed by atoms with Crippen molar-refractivity contribution < 1.29 is 0 Å². The standard InChI is InChI=1S/C23H42N2/c1-18-10-22(11-18)7-4-19(5-8-22)16-25(3)17-20-6-9-23(12-20)13-21(14-23)15-24-2/h18-21,24H,4-17H2,1-3H3/t18?,19?,20-,21?,22?,23?/m1/s1. The van der Waals surface area contributed by atoms with Crippen LogP contribution in [0.15, 0.2) is 0 Å². The van der Waals surface area contributed by atoms with E-state index in [0.29, 0.717) is 0 Å². The molecule has 4 fully saturated rings. The van der Waals surface area contributed by atoms with Crippen molar-refractivity contribution in [2.24, 2.45) is 34.5 Å². The zero-order valence-electron chi connectivity index (χ0n) is 17.2. The van der Waals surface area contributed by atoms with Crippen LogP contribution in [-0.2, 0) is 0 Å². The Morgan fingerprint density at radius 2 is 1.36 bits per heavy atom. The minimum atomic E-state index is 0.769. The van der Waals surface area contributed by atoms with Gasteiger partial charge in [-0.3, -0.25) is 0 Å². The summed E-state index contributed by atoms with van der Waals surface area (Å²) in [5.74, 6) is 3.98. The van der Waals surface area contributed by atoms with E-state index in [9.17, 15) is 0 Å². The van der Waals surface area contributed by atoms with Crippen molar-refractivity contribution in [2.45, 2.75) is 77.6 Å². The maximum Gasteiger partial charge on any atom is 0.000693 e. The van der Waals surface area contributed by atoms with Crippen LogP contribution in [-0.4, -0.2) is 38.6 Å². The largest absolute Gasteiger partial charge is 0.319 e. The van der Waals surface area contributed by atoms with Crippen molar-refractivity contribution in [3.05, 3.63) is 0 Å². The van der Waals surface area contributed by atoms with Gasteiger partial charge in [-0.25, -0.2) is 0 Å². The summed E-state index contributed by atoms with van der Waals surface area (Å²) in [6.07, 6.45) is 16.7. The molecule has 2 heteroatoms. The lowest BCUT2D eigenvalue weighted by atomic mass is 9.55. The number of rotatable bonds is 6. The molecule has 0 amide bonds. The van der Waals surface area contributed by atoms with Crippen LogP contribution in [0.2, 0.25) is 0 Å². The van der Waals surface area contributed by atoms with Gasteiger partial charge in [-0.1, -0.05) is 6.92 Å². The number of nitrogens with one attached hydrogen (secondary N) is 1. The fraction of sp³-hybridized carbons (Fsp3) is 1.00. The number of hydrogen-bond donors (Lipinski definition) is 1. The summed E-state index contributed by atoms with van der Waals surface area (Å²) in [5.41, 5.74) is 1.57. The van der Waals surface area contributed by atoms with E-state index < -0.39 is 0 Å². The van der Waals surface area contributed by atoms with Gasteiger partial charge in [0.1, 0.15) is 0 Å². The first-order chi connectivity index (χ1) is 12.0. The maximum atomic E-state index is 3.37. The molecule has 1 N–H and O–H groups in total. The highest BCUT2D eigenvalue weighted by molar-refractivity contribution is 5.00. The third-order valence-electron chi connectivity index (χ3n) is 8.61. The van der Waals surface area contributed by atoms with Crippen LogP contribution in [0.4, 0.5) is 0 Å². The van der Waals surface area contributed by atoms with Crippen LogP contribution >= 0.6 is 0 Å². The van der Waals surface area contributed by atoms with Gasteiger partial charge in [0.25, 0.3) is 0 Å². The van der Waals surface area contributed by atoms with Crippen LogP contribution in [0, 0.1) is 34.5 Å². The fourth-order valence-corrected chi connectivity index (χ4v) is 7.71. The summed E-state index contributed by atoms with van der Waals surface area (Å²) < 4.78 is 0. The van der Waals surface area contributed by atoms with E-state index >= 15 is 0 Å². The Labute approximate surface area is 156 Å². The lowest BCUT2D eigenvalue weighted by Gasteiger charge is -2.51.